The molecule has 0 spiro atoms. The highest BCUT2D eigenvalue weighted by molar-refractivity contribution is 7.95. The third-order valence-electron chi connectivity index (χ3n) is 5.99. The van der Waals surface area contributed by atoms with Gasteiger partial charge in [-0.3, -0.25) is 9.52 Å². The molecule has 0 atom stereocenters. The highest BCUT2D eigenvalue weighted by Crippen LogP contribution is 2.24. The molecule has 1 aliphatic heterocycles. The molecule has 182 valence electrons. The van der Waals surface area contributed by atoms with Gasteiger partial charge in [-0.1, -0.05) is 42.5 Å². The van der Waals surface area contributed by atoms with Crippen molar-refractivity contribution in [3.05, 3.63) is 107 Å². The van der Waals surface area contributed by atoms with Gasteiger partial charge in [-0.25, -0.2) is 13.4 Å². The lowest BCUT2D eigenvalue weighted by Gasteiger charge is -2.11. The Morgan fingerprint density at radius 1 is 0.889 bits per heavy atom. The van der Waals surface area contributed by atoms with E-state index in [9.17, 15) is 13.2 Å². The Balaban J connectivity index is 1.20. The quantitative estimate of drug-likeness (QED) is 0.349. The molecule has 2 N–H and O–H groups in total. The van der Waals surface area contributed by atoms with Crippen molar-refractivity contribution in [2.45, 2.75) is 25.8 Å². The van der Waals surface area contributed by atoms with E-state index in [-0.39, 0.29) is 5.91 Å². The number of nitrogens with zero attached hydrogens (tertiary/aromatic N) is 2. The van der Waals surface area contributed by atoms with Gasteiger partial charge in [0.2, 0.25) is 0 Å². The maximum Gasteiger partial charge on any atom is 0.255 e. The zero-order valence-electron chi connectivity index (χ0n) is 19.6. The highest BCUT2D eigenvalue weighted by Gasteiger charge is 2.14. The van der Waals surface area contributed by atoms with Gasteiger partial charge < -0.3 is 9.88 Å². The first-order valence-electron chi connectivity index (χ1n) is 11.8. The van der Waals surface area contributed by atoms with Crippen LogP contribution in [-0.2, 0) is 23.0 Å². The van der Waals surface area contributed by atoms with Gasteiger partial charge in [0.1, 0.15) is 5.82 Å². The average Bonchev–Trinajstić information content (AvgIpc) is 3.33. The van der Waals surface area contributed by atoms with Gasteiger partial charge in [0, 0.05) is 41.7 Å². The zero-order valence-corrected chi connectivity index (χ0v) is 20.4. The van der Waals surface area contributed by atoms with E-state index >= 15 is 0 Å². The summed E-state index contributed by atoms with van der Waals surface area (Å²) < 4.78 is 29.4. The Morgan fingerprint density at radius 2 is 1.61 bits per heavy atom. The summed E-state index contributed by atoms with van der Waals surface area (Å²) >= 11 is 0. The Kier molecular flexibility index (Phi) is 6.69. The molecule has 4 aromatic rings. The molecule has 5 rings (SSSR count). The number of sulfonamides is 1. The Bertz CT molecular complexity index is 1470. The van der Waals surface area contributed by atoms with E-state index < -0.39 is 10.0 Å². The number of rotatable bonds is 7. The van der Waals surface area contributed by atoms with Crippen molar-refractivity contribution in [3.63, 3.8) is 0 Å². The summed E-state index contributed by atoms with van der Waals surface area (Å²) in [5.74, 6) is 0.852. The predicted molar refractivity (Wildman–Crippen MR) is 143 cm³/mol. The highest BCUT2D eigenvalue weighted by atomic mass is 32.2. The van der Waals surface area contributed by atoms with Gasteiger partial charge in [0.25, 0.3) is 15.9 Å². The number of hydrogen-bond donors (Lipinski definition) is 2. The van der Waals surface area contributed by atoms with Crippen molar-refractivity contribution in [1.29, 1.82) is 0 Å². The van der Waals surface area contributed by atoms with Crippen LogP contribution in [0.25, 0.3) is 17.3 Å². The van der Waals surface area contributed by atoms with E-state index in [2.05, 4.69) is 20.8 Å². The van der Waals surface area contributed by atoms with E-state index in [1.807, 2.05) is 54.6 Å². The lowest BCUT2D eigenvalue weighted by molar-refractivity contribution is 0.102. The van der Waals surface area contributed by atoms with Crippen molar-refractivity contribution >= 4 is 33.4 Å². The molecular formula is C28H26N4O3S. The Hall–Kier alpha value is -4.17. The molecule has 36 heavy (non-hydrogen) atoms. The normalized spacial score (nSPS) is 13.3. The number of carbonyl (C=O) groups is 1. The zero-order chi connectivity index (χ0) is 25.0. The van der Waals surface area contributed by atoms with Crippen LogP contribution in [-0.4, -0.2) is 23.9 Å². The number of fused-ring (bicyclic) bond motifs is 1. The number of hydrogen-bond acceptors (Lipinski definition) is 4. The standard InChI is InChI=1S/C28H26N4O3S/c33-28(29-24-13-9-22(10-14-24)26-20-32-18-5-4-8-27(32)30-26)23-11-15-25(16-12-23)31-36(34,35)19-17-21-6-2-1-3-7-21/h1-3,6-7,9-17,19-20,31H,4-5,8,18H2,(H,29,33)/b19-17+. The monoisotopic (exact) mass is 498 g/mol. The maximum absolute atomic E-state index is 12.7. The van der Waals surface area contributed by atoms with E-state index in [0.717, 1.165) is 41.0 Å². The van der Waals surface area contributed by atoms with E-state index in [4.69, 9.17) is 4.98 Å². The molecule has 0 unspecified atom stereocenters. The van der Waals surface area contributed by atoms with Crippen LogP contribution in [0.1, 0.15) is 34.6 Å². The largest absolute Gasteiger partial charge is 0.334 e. The second-order valence-corrected chi connectivity index (χ2v) is 10.2. The van der Waals surface area contributed by atoms with Gasteiger partial charge in [0.05, 0.1) is 11.1 Å². The summed E-state index contributed by atoms with van der Waals surface area (Å²) in [6, 6.07) is 23.1. The number of nitrogens with one attached hydrogen (secondary N) is 2. The number of anilines is 2. The molecule has 3 aromatic carbocycles. The molecular weight excluding hydrogens is 472 g/mol. The van der Waals surface area contributed by atoms with Crippen molar-refractivity contribution in [2.24, 2.45) is 0 Å². The molecule has 1 amide bonds. The van der Waals surface area contributed by atoms with E-state index in [0.29, 0.717) is 16.9 Å². The third-order valence-corrected chi connectivity index (χ3v) is 7.01. The number of aryl methyl sites for hydroxylation is 2. The molecule has 7 nitrogen and oxygen atoms in total. The number of carbonyl (C=O) groups excluding carboxylic acids is 1. The molecule has 8 heteroatoms. The molecule has 0 saturated carbocycles. The fourth-order valence-corrected chi connectivity index (χ4v) is 4.97. The van der Waals surface area contributed by atoms with Crippen LogP contribution >= 0.6 is 0 Å². The topological polar surface area (TPSA) is 93.1 Å². The van der Waals surface area contributed by atoms with E-state index in [1.165, 1.54) is 18.9 Å². The van der Waals surface area contributed by atoms with Gasteiger partial charge in [-0.15, -0.1) is 0 Å². The molecule has 2 heterocycles. The van der Waals surface area contributed by atoms with Gasteiger partial charge in [0.15, 0.2) is 0 Å². The van der Waals surface area contributed by atoms with Gasteiger partial charge in [-0.2, -0.15) is 0 Å². The minimum Gasteiger partial charge on any atom is -0.334 e. The van der Waals surface area contributed by atoms with Crippen molar-refractivity contribution in [1.82, 2.24) is 9.55 Å². The Morgan fingerprint density at radius 3 is 2.33 bits per heavy atom. The number of imidazole rings is 1. The lowest BCUT2D eigenvalue weighted by Crippen LogP contribution is -2.12. The fourth-order valence-electron chi connectivity index (χ4n) is 4.10. The number of amides is 1. The SMILES string of the molecule is O=C(Nc1ccc(-c2cn3c(n2)CCCC3)cc1)c1ccc(NS(=O)(=O)/C=C/c2ccccc2)cc1. The molecule has 0 bridgehead atoms. The summed E-state index contributed by atoms with van der Waals surface area (Å²) in [6.07, 6.45) is 7.00. The minimum atomic E-state index is -3.68. The first-order chi connectivity index (χ1) is 17.4. The summed E-state index contributed by atoms with van der Waals surface area (Å²) in [5, 5.41) is 3.99. The fraction of sp³-hybridized carbons (Fsp3) is 0.143. The molecule has 1 aromatic heterocycles. The maximum atomic E-state index is 12.7. The lowest BCUT2D eigenvalue weighted by atomic mass is 10.1. The second kappa shape index (κ2) is 10.2. The third kappa shape index (κ3) is 5.72. The molecule has 0 saturated heterocycles. The first-order valence-corrected chi connectivity index (χ1v) is 13.3. The van der Waals surface area contributed by atoms with Crippen molar-refractivity contribution in [2.75, 3.05) is 10.0 Å². The van der Waals surface area contributed by atoms with Crippen LogP contribution in [0.4, 0.5) is 11.4 Å². The average molecular weight is 499 g/mol. The summed E-state index contributed by atoms with van der Waals surface area (Å²) in [7, 11) is -3.68. The number of benzene rings is 3. The summed E-state index contributed by atoms with van der Waals surface area (Å²) in [4.78, 5) is 17.4. The van der Waals surface area contributed by atoms with Crippen molar-refractivity contribution < 1.29 is 13.2 Å². The number of aromatic nitrogens is 2. The first kappa shape index (κ1) is 23.6. The molecule has 0 fully saturated rings. The van der Waals surface area contributed by atoms with Crippen molar-refractivity contribution in [3.8, 4) is 11.3 Å². The van der Waals surface area contributed by atoms with Crippen LogP contribution < -0.4 is 10.0 Å². The molecule has 1 aliphatic rings. The second-order valence-electron chi connectivity index (χ2n) is 8.66. The Labute approximate surface area is 210 Å². The predicted octanol–water partition coefficient (Wildman–Crippen LogP) is 5.55. The summed E-state index contributed by atoms with van der Waals surface area (Å²) in [6.45, 7) is 1.01. The molecule has 0 radical (unpaired) electrons. The summed E-state index contributed by atoms with van der Waals surface area (Å²) in [5.41, 5.74) is 4.20. The van der Waals surface area contributed by atoms with Crippen LogP contribution in [0.5, 0.6) is 0 Å². The minimum absolute atomic E-state index is 0.279. The smallest absolute Gasteiger partial charge is 0.255 e. The van der Waals surface area contributed by atoms with E-state index in [1.54, 1.807) is 24.3 Å². The molecule has 0 aliphatic carbocycles. The van der Waals surface area contributed by atoms with Crippen LogP contribution in [0.2, 0.25) is 0 Å². The van der Waals surface area contributed by atoms with Crippen LogP contribution in [0.3, 0.4) is 0 Å². The van der Waals surface area contributed by atoms with Gasteiger partial charge >= 0.3 is 0 Å². The van der Waals surface area contributed by atoms with Gasteiger partial charge in [-0.05, 0) is 60.9 Å². The van der Waals surface area contributed by atoms with Crippen LogP contribution in [0, 0.1) is 0 Å². The van der Waals surface area contributed by atoms with Crippen LogP contribution in [0.15, 0.2) is 90.5 Å².